The summed E-state index contributed by atoms with van der Waals surface area (Å²) in [6.07, 6.45) is 2.86. The van der Waals surface area contributed by atoms with Crippen molar-refractivity contribution in [2.45, 2.75) is 33.0 Å². The molecule has 0 aliphatic heterocycles. The van der Waals surface area contributed by atoms with Crippen LogP contribution >= 0.6 is 0 Å². The molecule has 0 aliphatic carbocycles. The number of ether oxygens (including phenoxy) is 1. The van der Waals surface area contributed by atoms with Gasteiger partial charge in [0, 0.05) is 11.8 Å². The predicted molar refractivity (Wildman–Crippen MR) is 50.6 cm³/mol. The average Bonchev–Trinajstić information content (AvgIpc) is 2.03. The average molecular weight is 181 g/mol. The molecule has 72 valence electrons. The number of hydrogen-bond donors (Lipinski definition) is 1. The quantitative estimate of drug-likeness (QED) is 0.774. The Morgan fingerprint density at radius 2 is 2.08 bits per heavy atom. The highest BCUT2D eigenvalue weighted by molar-refractivity contribution is 5.31. The van der Waals surface area contributed by atoms with Gasteiger partial charge in [0.2, 0.25) is 0 Å². The van der Waals surface area contributed by atoms with Crippen LogP contribution in [0.4, 0.5) is 0 Å². The molecule has 1 aromatic heterocycles. The van der Waals surface area contributed by atoms with Gasteiger partial charge in [-0.1, -0.05) is 0 Å². The molecule has 0 radical (unpaired) electrons. The van der Waals surface area contributed by atoms with Crippen molar-refractivity contribution in [3.63, 3.8) is 0 Å². The van der Waals surface area contributed by atoms with E-state index in [0.29, 0.717) is 5.75 Å². The van der Waals surface area contributed by atoms with E-state index in [0.717, 1.165) is 5.56 Å². The number of aliphatic hydroxyl groups excluding tert-OH is 1. The molecule has 1 atom stereocenters. The number of aliphatic hydroxyl groups is 1. The number of aromatic nitrogens is 1. The molecule has 0 aliphatic rings. The van der Waals surface area contributed by atoms with E-state index < -0.39 is 6.10 Å². The Balaban J connectivity index is 2.91. The van der Waals surface area contributed by atoms with E-state index >= 15 is 0 Å². The second-order valence-electron chi connectivity index (χ2n) is 3.26. The molecule has 3 heteroatoms. The van der Waals surface area contributed by atoms with Gasteiger partial charge in [0.15, 0.2) is 0 Å². The van der Waals surface area contributed by atoms with E-state index in [1.54, 1.807) is 25.4 Å². The molecule has 3 nitrogen and oxygen atoms in total. The smallest absolute Gasteiger partial charge is 0.143 e. The summed E-state index contributed by atoms with van der Waals surface area (Å²) in [5.74, 6) is 0.660. The zero-order valence-corrected chi connectivity index (χ0v) is 8.19. The Bertz CT molecular complexity index is 271. The minimum atomic E-state index is -0.517. The molecule has 0 saturated carbocycles. The molecule has 0 fully saturated rings. The minimum Gasteiger partial charge on any atom is -0.489 e. The van der Waals surface area contributed by atoms with E-state index in [1.165, 1.54) is 0 Å². The number of nitrogens with zero attached hydrogens (tertiary/aromatic N) is 1. The van der Waals surface area contributed by atoms with E-state index in [2.05, 4.69) is 4.98 Å². The second-order valence-corrected chi connectivity index (χ2v) is 3.26. The lowest BCUT2D eigenvalue weighted by Gasteiger charge is -2.14. The van der Waals surface area contributed by atoms with Crippen LogP contribution in [0.25, 0.3) is 0 Å². The maximum atomic E-state index is 9.41. The van der Waals surface area contributed by atoms with Crippen molar-refractivity contribution in [3.05, 3.63) is 24.0 Å². The fourth-order valence-corrected chi connectivity index (χ4v) is 1.09. The molecular formula is C10H15NO2. The molecule has 1 N–H and O–H groups in total. The molecule has 1 aromatic rings. The summed E-state index contributed by atoms with van der Waals surface area (Å²) in [4.78, 5) is 3.94. The van der Waals surface area contributed by atoms with Gasteiger partial charge in [0.1, 0.15) is 5.75 Å². The van der Waals surface area contributed by atoms with Crippen molar-refractivity contribution in [1.29, 1.82) is 0 Å². The van der Waals surface area contributed by atoms with E-state index in [1.807, 2.05) is 13.8 Å². The summed E-state index contributed by atoms with van der Waals surface area (Å²) in [7, 11) is 0. The Morgan fingerprint density at radius 3 is 2.62 bits per heavy atom. The third-order valence-corrected chi connectivity index (χ3v) is 1.63. The lowest BCUT2D eigenvalue weighted by atomic mass is 10.1. The van der Waals surface area contributed by atoms with Crippen LogP contribution in [0.2, 0.25) is 0 Å². The molecule has 1 rings (SSSR count). The maximum Gasteiger partial charge on any atom is 0.143 e. The van der Waals surface area contributed by atoms with Crippen LogP contribution < -0.4 is 4.74 Å². The van der Waals surface area contributed by atoms with Gasteiger partial charge < -0.3 is 9.84 Å². The molecular weight excluding hydrogens is 166 g/mol. The third-order valence-electron chi connectivity index (χ3n) is 1.63. The molecule has 0 amide bonds. The Labute approximate surface area is 78.4 Å². The zero-order chi connectivity index (χ0) is 9.84. The molecule has 0 spiro atoms. The van der Waals surface area contributed by atoms with Gasteiger partial charge >= 0.3 is 0 Å². The van der Waals surface area contributed by atoms with Crippen molar-refractivity contribution >= 4 is 0 Å². The van der Waals surface area contributed by atoms with Crippen LogP contribution in [-0.2, 0) is 0 Å². The van der Waals surface area contributed by atoms with Gasteiger partial charge in [-0.2, -0.15) is 0 Å². The first-order valence-corrected chi connectivity index (χ1v) is 4.40. The van der Waals surface area contributed by atoms with Crippen molar-refractivity contribution in [3.8, 4) is 5.75 Å². The molecule has 0 bridgehead atoms. The number of pyridine rings is 1. The predicted octanol–water partition coefficient (Wildman–Crippen LogP) is 1.92. The first-order valence-electron chi connectivity index (χ1n) is 4.40. The summed E-state index contributed by atoms with van der Waals surface area (Å²) in [6, 6.07) is 1.77. The third kappa shape index (κ3) is 2.70. The lowest BCUT2D eigenvalue weighted by Crippen LogP contribution is -2.08. The highest BCUT2D eigenvalue weighted by atomic mass is 16.5. The zero-order valence-electron chi connectivity index (χ0n) is 8.19. The fraction of sp³-hybridized carbons (Fsp3) is 0.500. The van der Waals surface area contributed by atoms with E-state index in [4.69, 9.17) is 4.74 Å². The van der Waals surface area contributed by atoms with Crippen LogP contribution in [0, 0.1) is 0 Å². The van der Waals surface area contributed by atoms with Crippen LogP contribution in [0.5, 0.6) is 5.75 Å². The summed E-state index contributed by atoms with van der Waals surface area (Å²) in [6.45, 7) is 5.60. The summed E-state index contributed by atoms with van der Waals surface area (Å²) in [5.41, 5.74) is 0.781. The molecule has 13 heavy (non-hydrogen) atoms. The van der Waals surface area contributed by atoms with Crippen molar-refractivity contribution < 1.29 is 9.84 Å². The van der Waals surface area contributed by atoms with E-state index in [9.17, 15) is 5.11 Å². The fourth-order valence-electron chi connectivity index (χ4n) is 1.09. The maximum absolute atomic E-state index is 9.41. The lowest BCUT2D eigenvalue weighted by molar-refractivity contribution is 0.182. The van der Waals surface area contributed by atoms with Crippen LogP contribution in [-0.4, -0.2) is 16.2 Å². The SMILES string of the molecule is CC(C)Oc1cnccc1C(C)O. The first kappa shape index (κ1) is 9.99. The summed E-state index contributed by atoms with van der Waals surface area (Å²) < 4.78 is 5.48. The number of hydrogen-bond acceptors (Lipinski definition) is 3. The summed E-state index contributed by atoms with van der Waals surface area (Å²) in [5, 5.41) is 9.41. The van der Waals surface area contributed by atoms with Crippen molar-refractivity contribution in [2.24, 2.45) is 0 Å². The van der Waals surface area contributed by atoms with Gasteiger partial charge in [-0.05, 0) is 26.8 Å². The van der Waals surface area contributed by atoms with Gasteiger partial charge in [0.05, 0.1) is 18.4 Å². The van der Waals surface area contributed by atoms with Crippen LogP contribution in [0.3, 0.4) is 0 Å². The normalized spacial score (nSPS) is 13.0. The molecule has 1 heterocycles. The van der Waals surface area contributed by atoms with Crippen LogP contribution in [0.1, 0.15) is 32.4 Å². The van der Waals surface area contributed by atoms with Crippen molar-refractivity contribution in [1.82, 2.24) is 4.98 Å². The largest absolute Gasteiger partial charge is 0.489 e. The van der Waals surface area contributed by atoms with Crippen LogP contribution in [0.15, 0.2) is 18.5 Å². The molecule has 0 aromatic carbocycles. The molecule has 0 saturated heterocycles. The highest BCUT2D eigenvalue weighted by Crippen LogP contribution is 2.24. The monoisotopic (exact) mass is 181 g/mol. The van der Waals surface area contributed by atoms with Gasteiger partial charge in [-0.25, -0.2) is 0 Å². The second kappa shape index (κ2) is 4.23. The molecule has 1 unspecified atom stereocenters. The van der Waals surface area contributed by atoms with E-state index in [-0.39, 0.29) is 6.10 Å². The standard InChI is InChI=1S/C10H15NO2/c1-7(2)13-10-6-11-5-4-9(10)8(3)12/h4-8,12H,1-3H3. The minimum absolute atomic E-state index is 0.0988. The van der Waals surface area contributed by atoms with Gasteiger partial charge in [-0.15, -0.1) is 0 Å². The summed E-state index contributed by atoms with van der Waals surface area (Å²) >= 11 is 0. The number of rotatable bonds is 3. The van der Waals surface area contributed by atoms with Crippen molar-refractivity contribution in [2.75, 3.05) is 0 Å². The Kier molecular flexibility index (Phi) is 3.25. The topological polar surface area (TPSA) is 42.4 Å². The Morgan fingerprint density at radius 1 is 1.38 bits per heavy atom. The Hall–Kier alpha value is -1.09. The highest BCUT2D eigenvalue weighted by Gasteiger charge is 2.09. The first-order chi connectivity index (χ1) is 6.11. The van der Waals surface area contributed by atoms with Gasteiger partial charge in [-0.3, -0.25) is 4.98 Å². The van der Waals surface area contributed by atoms with Gasteiger partial charge in [0.25, 0.3) is 0 Å².